The van der Waals surface area contributed by atoms with Gasteiger partial charge in [0.25, 0.3) is 0 Å². The number of fused-ring (bicyclic) bond motifs is 1. The second-order valence-corrected chi connectivity index (χ2v) is 5.96. The first-order valence-electron chi connectivity index (χ1n) is 5.61. The van der Waals surface area contributed by atoms with Crippen LogP contribution in [0.3, 0.4) is 0 Å². The molecule has 0 saturated carbocycles. The number of hydrogen-bond donors (Lipinski definition) is 1. The van der Waals surface area contributed by atoms with Gasteiger partial charge in [0.1, 0.15) is 0 Å². The molecule has 0 amide bonds. The van der Waals surface area contributed by atoms with Crippen molar-refractivity contribution >= 4 is 48.3 Å². The van der Waals surface area contributed by atoms with Gasteiger partial charge in [-0.3, -0.25) is 0 Å². The number of hydrogen-bond acceptors (Lipinski definition) is 3. The fraction of sp³-hybridized carbons (Fsp3) is 0.0714. The number of aryl methyl sites for hydroxylation is 1. The lowest BCUT2D eigenvalue weighted by Gasteiger charge is -2.04. The average molecular weight is 319 g/mol. The van der Waals surface area contributed by atoms with Crippen LogP contribution in [0.25, 0.3) is 10.2 Å². The van der Waals surface area contributed by atoms with Crippen molar-refractivity contribution < 1.29 is 0 Å². The van der Waals surface area contributed by atoms with Gasteiger partial charge < -0.3 is 5.32 Å². The Kier molecular flexibility index (Phi) is 3.06. The highest BCUT2D eigenvalue weighted by Crippen LogP contribution is 2.29. The number of nitrogens with zero attached hydrogens (tertiary/aromatic N) is 1. The molecule has 0 unspecified atom stereocenters. The van der Waals surface area contributed by atoms with Crippen molar-refractivity contribution in [1.29, 1.82) is 0 Å². The van der Waals surface area contributed by atoms with E-state index in [-0.39, 0.29) is 0 Å². The van der Waals surface area contributed by atoms with E-state index < -0.39 is 0 Å². The molecular formula is C14H11BrN2S. The van der Waals surface area contributed by atoms with E-state index >= 15 is 0 Å². The Morgan fingerprint density at radius 3 is 2.78 bits per heavy atom. The first kappa shape index (κ1) is 11.7. The van der Waals surface area contributed by atoms with Gasteiger partial charge in [-0.15, -0.1) is 0 Å². The molecule has 2 aromatic carbocycles. The maximum Gasteiger partial charge on any atom is 0.188 e. The minimum atomic E-state index is 0.929. The normalized spacial score (nSPS) is 10.8. The minimum Gasteiger partial charge on any atom is -0.332 e. The molecule has 90 valence electrons. The summed E-state index contributed by atoms with van der Waals surface area (Å²) < 4.78 is 2.33. The quantitative estimate of drug-likeness (QED) is 0.710. The lowest BCUT2D eigenvalue weighted by Crippen LogP contribution is -1.89. The van der Waals surface area contributed by atoms with Gasteiger partial charge in [0, 0.05) is 10.2 Å². The van der Waals surface area contributed by atoms with E-state index in [1.807, 2.05) is 30.3 Å². The Morgan fingerprint density at radius 2 is 2.00 bits per heavy atom. The summed E-state index contributed by atoms with van der Waals surface area (Å²) in [5.41, 5.74) is 3.31. The number of nitrogens with one attached hydrogen (secondary N) is 1. The molecule has 1 heterocycles. The molecule has 0 radical (unpaired) electrons. The van der Waals surface area contributed by atoms with E-state index in [9.17, 15) is 0 Å². The van der Waals surface area contributed by atoms with Gasteiger partial charge in [0.2, 0.25) is 0 Å². The van der Waals surface area contributed by atoms with Crippen molar-refractivity contribution in [3.05, 3.63) is 52.5 Å². The topological polar surface area (TPSA) is 24.9 Å². The summed E-state index contributed by atoms with van der Waals surface area (Å²) in [4.78, 5) is 4.56. The third-order valence-electron chi connectivity index (χ3n) is 2.70. The third kappa shape index (κ3) is 2.26. The number of anilines is 2. The monoisotopic (exact) mass is 318 g/mol. The van der Waals surface area contributed by atoms with Gasteiger partial charge >= 0.3 is 0 Å². The number of para-hydroxylation sites is 1. The zero-order valence-electron chi connectivity index (χ0n) is 9.77. The Bertz CT molecular complexity index is 673. The molecular weight excluding hydrogens is 308 g/mol. The minimum absolute atomic E-state index is 0.929. The highest BCUT2D eigenvalue weighted by atomic mass is 79.9. The van der Waals surface area contributed by atoms with Crippen LogP contribution < -0.4 is 5.32 Å². The van der Waals surface area contributed by atoms with Gasteiger partial charge in [-0.1, -0.05) is 39.4 Å². The van der Waals surface area contributed by atoms with Gasteiger partial charge in [0.15, 0.2) is 5.13 Å². The molecule has 0 fully saturated rings. The van der Waals surface area contributed by atoms with Gasteiger partial charge in [-0.05, 0) is 42.8 Å². The molecule has 0 spiro atoms. The second-order valence-electron chi connectivity index (χ2n) is 4.08. The number of benzene rings is 2. The zero-order valence-corrected chi connectivity index (χ0v) is 12.2. The lowest BCUT2D eigenvalue weighted by molar-refractivity contribution is 1.40. The van der Waals surface area contributed by atoms with Crippen molar-refractivity contribution in [2.45, 2.75) is 6.92 Å². The van der Waals surface area contributed by atoms with Gasteiger partial charge in [-0.2, -0.15) is 0 Å². The molecule has 0 atom stereocenters. The molecule has 2 nitrogen and oxygen atoms in total. The van der Waals surface area contributed by atoms with Crippen LogP contribution in [0, 0.1) is 6.92 Å². The van der Waals surface area contributed by atoms with E-state index in [1.165, 1.54) is 10.3 Å². The van der Waals surface area contributed by atoms with Crippen molar-refractivity contribution in [2.75, 3.05) is 5.32 Å². The van der Waals surface area contributed by atoms with Crippen LogP contribution in [0.2, 0.25) is 0 Å². The van der Waals surface area contributed by atoms with Crippen molar-refractivity contribution in [3.63, 3.8) is 0 Å². The summed E-state index contributed by atoms with van der Waals surface area (Å²) in [7, 11) is 0. The number of rotatable bonds is 2. The molecule has 0 aliphatic heterocycles. The summed E-state index contributed by atoms with van der Waals surface area (Å²) >= 11 is 5.17. The van der Waals surface area contributed by atoms with Crippen LogP contribution in [0.5, 0.6) is 0 Å². The summed E-state index contributed by atoms with van der Waals surface area (Å²) in [5.74, 6) is 0. The van der Waals surface area contributed by atoms with Gasteiger partial charge in [0.05, 0.1) is 10.2 Å². The average Bonchev–Trinajstić information content (AvgIpc) is 2.76. The number of thiazole rings is 1. The van der Waals surface area contributed by atoms with E-state index in [1.54, 1.807) is 11.3 Å². The first-order valence-corrected chi connectivity index (χ1v) is 7.22. The third-order valence-corrected chi connectivity index (χ3v) is 4.54. The van der Waals surface area contributed by atoms with Crippen LogP contribution in [-0.2, 0) is 0 Å². The number of halogens is 1. The molecule has 3 rings (SSSR count). The smallest absolute Gasteiger partial charge is 0.188 e. The fourth-order valence-corrected chi connectivity index (χ4v) is 2.90. The highest BCUT2D eigenvalue weighted by molar-refractivity contribution is 9.10. The Balaban J connectivity index is 1.93. The summed E-state index contributed by atoms with van der Waals surface area (Å²) in [6.07, 6.45) is 0. The van der Waals surface area contributed by atoms with Crippen LogP contribution in [0.15, 0.2) is 46.9 Å². The zero-order chi connectivity index (χ0) is 12.5. The van der Waals surface area contributed by atoms with Crippen molar-refractivity contribution in [2.24, 2.45) is 0 Å². The van der Waals surface area contributed by atoms with Crippen LogP contribution >= 0.6 is 27.3 Å². The maximum atomic E-state index is 4.56. The standard InChI is InChI=1S/C14H11BrN2S/c1-9-8-10(6-7-11(9)15)16-14-17-12-4-2-3-5-13(12)18-14/h2-8H,1H3,(H,16,17). The summed E-state index contributed by atoms with van der Waals surface area (Å²) in [5, 5.41) is 4.28. The predicted octanol–water partition coefficient (Wildman–Crippen LogP) is 5.11. The van der Waals surface area contributed by atoms with E-state index in [0.717, 1.165) is 20.8 Å². The molecule has 4 heteroatoms. The number of aromatic nitrogens is 1. The van der Waals surface area contributed by atoms with Crippen LogP contribution in [-0.4, -0.2) is 4.98 Å². The van der Waals surface area contributed by atoms with Crippen molar-refractivity contribution in [3.8, 4) is 0 Å². The molecule has 1 N–H and O–H groups in total. The Labute approximate surface area is 118 Å². The summed E-state index contributed by atoms with van der Waals surface area (Å²) in [6, 6.07) is 14.4. The van der Waals surface area contributed by atoms with E-state index in [2.05, 4.69) is 45.3 Å². The SMILES string of the molecule is Cc1cc(Nc2nc3ccccc3s2)ccc1Br. The summed E-state index contributed by atoms with van der Waals surface area (Å²) in [6.45, 7) is 2.08. The maximum absolute atomic E-state index is 4.56. The molecule has 18 heavy (non-hydrogen) atoms. The fourth-order valence-electron chi connectivity index (χ4n) is 1.77. The molecule has 3 aromatic rings. The lowest BCUT2D eigenvalue weighted by atomic mass is 10.2. The Morgan fingerprint density at radius 1 is 1.17 bits per heavy atom. The molecule has 0 aliphatic carbocycles. The van der Waals surface area contributed by atoms with Gasteiger partial charge in [-0.25, -0.2) is 4.98 Å². The molecule has 0 bridgehead atoms. The van der Waals surface area contributed by atoms with E-state index in [4.69, 9.17) is 0 Å². The van der Waals surface area contributed by atoms with Crippen LogP contribution in [0.4, 0.5) is 10.8 Å². The van der Waals surface area contributed by atoms with Crippen molar-refractivity contribution in [1.82, 2.24) is 4.98 Å². The predicted molar refractivity (Wildman–Crippen MR) is 81.8 cm³/mol. The Hall–Kier alpha value is -1.39. The highest BCUT2D eigenvalue weighted by Gasteiger charge is 2.04. The first-order chi connectivity index (χ1) is 8.72. The second kappa shape index (κ2) is 4.71. The molecule has 1 aromatic heterocycles. The molecule has 0 aliphatic rings. The largest absolute Gasteiger partial charge is 0.332 e. The molecule has 0 saturated heterocycles. The van der Waals surface area contributed by atoms with Crippen LogP contribution in [0.1, 0.15) is 5.56 Å². The van der Waals surface area contributed by atoms with E-state index in [0.29, 0.717) is 0 Å².